The number of likely N-dealkylation sites (tertiary alicyclic amines) is 1. The van der Waals surface area contributed by atoms with Crippen molar-refractivity contribution in [1.82, 2.24) is 14.9 Å². The van der Waals surface area contributed by atoms with E-state index in [9.17, 15) is 23.4 Å². The third kappa shape index (κ3) is 5.82. The zero-order valence-corrected chi connectivity index (χ0v) is 22.2. The Hall–Kier alpha value is -3.36. The standard InChI is InChI=1S/C31H34F3N3O2/c1-29(2,26-16-22(8-10-28(26)38)23-6-5-11-35-18-23)20-30(39,31(32,33)34)17-25-15-24-14-21(7-9-27(24)36-25)19-37-12-3-4-13-37/h5-11,14-16,18,36,38-39H,3-4,12-13,17,19-20H2,1-2H3. The molecule has 1 aliphatic heterocycles. The fourth-order valence-electron chi connectivity index (χ4n) is 5.83. The highest BCUT2D eigenvalue weighted by Crippen LogP contribution is 2.45. The summed E-state index contributed by atoms with van der Waals surface area (Å²) < 4.78 is 43.5. The Morgan fingerprint density at radius 1 is 0.974 bits per heavy atom. The molecule has 39 heavy (non-hydrogen) atoms. The van der Waals surface area contributed by atoms with Crippen molar-refractivity contribution < 1.29 is 23.4 Å². The van der Waals surface area contributed by atoms with Crippen molar-refractivity contribution in [1.29, 1.82) is 0 Å². The number of nitrogens with one attached hydrogen (secondary N) is 1. The lowest BCUT2D eigenvalue weighted by Crippen LogP contribution is -2.50. The number of halogens is 3. The molecule has 206 valence electrons. The van der Waals surface area contributed by atoms with Crippen molar-refractivity contribution in [2.45, 2.75) is 63.3 Å². The van der Waals surface area contributed by atoms with E-state index < -0.39 is 30.0 Å². The predicted molar refractivity (Wildman–Crippen MR) is 146 cm³/mol. The van der Waals surface area contributed by atoms with Gasteiger partial charge in [-0.3, -0.25) is 9.88 Å². The van der Waals surface area contributed by atoms with Crippen LogP contribution in [0, 0.1) is 0 Å². The summed E-state index contributed by atoms with van der Waals surface area (Å²) in [5.74, 6) is -0.117. The van der Waals surface area contributed by atoms with Crippen LogP contribution in [0.1, 0.15) is 49.9 Å². The number of aromatic nitrogens is 2. The number of aliphatic hydroxyl groups is 1. The lowest BCUT2D eigenvalue weighted by atomic mass is 9.72. The highest BCUT2D eigenvalue weighted by Gasteiger charge is 2.56. The number of benzene rings is 2. The summed E-state index contributed by atoms with van der Waals surface area (Å²) in [6.07, 6.45) is -0.484. The maximum absolute atomic E-state index is 14.5. The highest BCUT2D eigenvalue weighted by molar-refractivity contribution is 5.81. The normalized spacial score (nSPS) is 16.6. The quantitative estimate of drug-likeness (QED) is 0.233. The summed E-state index contributed by atoms with van der Waals surface area (Å²) in [5.41, 5.74) is -0.231. The van der Waals surface area contributed by atoms with E-state index in [1.165, 1.54) is 18.9 Å². The number of alkyl halides is 3. The van der Waals surface area contributed by atoms with Crippen LogP contribution in [0.2, 0.25) is 0 Å². The monoisotopic (exact) mass is 537 g/mol. The van der Waals surface area contributed by atoms with Crippen LogP contribution in [-0.2, 0) is 18.4 Å². The Labute approximate surface area is 226 Å². The number of aromatic hydroxyl groups is 1. The second-order valence-electron chi connectivity index (χ2n) is 11.4. The average molecular weight is 538 g/mol. The second kappa shape index (κ2) is 10.3. The smallest absolute Gasteiger partial charge is 0.417 e. The summed E-state index contributed by atoms with van der Waals surface area (Å²) in [7, 11) is 0. The largest absolute Gasteiger partial charge is 0.508 e. The van der Waals surface area contributed by atoms with Crippen molar-refractivity contribution in [3.8, 4) is 16.9 Å². The van der Waals surface area contributed by atoms with Gasteiger partial charge in [0.1, 0.15) is 5.75 Å². The molecule has 5 rings (SSSR count). The molecule has 3 N–H and O–H groups in total. The van der Waals surface area contributed by atoms with Gasteiger partial charge in [-0.15, -0.1) is 0 Å². The highest BCUT2D eigenvalue weighted by atomic mass is 19.4. The number of hydrogen-bond donors (Lipinski definition) is 3. The van der Waals surface area contributed by atoms with Crippen LogP contribution >= 0.6 is 0 Å². The van der Waals surface area contributed by atoms with Crippen molar-refractivity contribution in [2.75, 3.05) is 13.1 Å². The van der Waals surface area contributed by atoms with Crippen LogP contribution in [0.4, 0.5) is 13.2 Å². The van der Waals surface area contributed by atoms with Gasteiger partial charge in [-0.2, -0.15) is 13.2 Å². The molecule has 5 nitrogen and oxygen atoms in total. The predicted octanol–water partition coefficient (Wildman–Crippen LogP) is 6.74. The van der Waals surface area contributed by atoms with Crippen molar-refractivity contribution >= 4 is 10.9 Å². The Morgan fingerprint density at radius 3 is 2.44 bits per heavy atom. The molecular weight excluding hydrogens is 503 g/mol. The van der Waals surface area contributed by atoms with Gasteiger partial charge < -0.3 is 15.2 Å². The van der Waals surface area contributed by atoms with E-state index in [0.717, 1.165) is 47.2 Å². The van der Waals surface area contributed by atoms with E-state index in [-0.39, 0.29) is 5.75 Å². The summed E-state index contributed by atoms with van der Waals surface area (Å²) in [4.78, 5) is 9.56. The lowest BCUT2D eigenvalue weighted by Gasteiger charge is -2.38. The van der Waals surface area contributed by atoms with Gasteiger partial charge in [0.25, 0.3) is 0 Å². The molecule has 0 bridgehead atoms. The third-order valence-corrected chi connectivity index (χ3v) is 7.81. The molecule has 4 aromatic rings. The van der Waals surface area contributed by atoms with Gasteiger partial charge in [-0.1, -0.05) is 32.0 Å². The minimum absolute atomic E-state index is 0.117. The van der Waals surface area contributed by atoms with E-state index in [2.05, 4.69) is 14.9 Å². The number of aromatic amines is 1. The Bertz CT molecular complexity index is 1440. The van der Waals surface area contributed by atoms with Crippen LogP contribution < -0.4 is 0 Å². The number of phenolic OH excluding ortho intramolecular Hbond substituents is 1. The first-order valence-electron chi connectivity index (χ1n) is 13.3. The van der Waals surface area contributed by atoms with Crippen LogP contribution in [-0.4, -0.2) is 49.9 Å². The fraction of sp³-hybridized carbons (Fsp3) is 0.387. The molecule has 0 spiro atoms. The first kappa shape index (κ1) is 27.2. The number of hydrogen-bond acceptors (Lipinski definition) is 4. The van der Waals surface area contributed by atoms with Crippen LogP contribution in [0.3, 0.4) is 0 Å². The molecular formula is C31H34F3N3O2. The summed E-state index contributed by atoms with van der Waals surface area (Å²) in [6.45, 7) is 6.17. The first-order valence-corrected chi connectivity index (χ1v) is 13.3. The van der Waals surface area contributed by atoms with Crippen molar-refractivity contribution in [2.24, 2.45) is 0 Å². The molecule has 1 unspecified atom stereocenters. The van der Waals surface area contributed by atoms with Gasteiger partial charge in [0.05, 0.1) is 0 Å². The third-order valence-electron chi connectivity index (χ3n) is 7.81. The summed E-state index contributed by atoms with van der Waals surface area (Å²) >= 11 is 0. The molecule has 0 radical (unpaired) electrons. The molecule has 2 aromatic carbocycles. The Morgan fingerprint density at radius 2 is 1.74 bits per heavy atom. The number of nitrogens with zero attached hydrogens (tertiary/aromatic N) is 2. The SMILES string of the molecule is CC(C)(CC(O)(Cc1cc2cc(CN3CCCC3)ccc2[nH]1)C(F)(F)F)c1cc(-c2cccnc2)ccc1O. The van der Waals surface area contributed by atoms with Crippen LogP contribution in [0.5, 0.6) is 5.75 Å². The minimum atomic E-state index is -4.89. The molecule has 1 atom stereocenters. The van der Waals surface area contributed by atoms with Gasteiger partial charge in [0, 0.05) is 47.7 Å². The lowest BCUT2D eigenvalue weighted by molar-refractivity contribution is -0.266. The van der Waals surface area contributed by atoms with Gasteiger partial charge in [0.15, 0.2) is 5.60 Å². The first-order chi connectivity index (χ1) is 18.4. The molecule has 1 saturated heterocycles. The summed E-state index contributed by atoms with van der Waals surface area (Å²) in [6, 6.07) is 16.1. The topological polar surface area (TPSA) is 72.4 Å². The molecule has 0 amide bonds. The number of pyridine rings is 1. The van der Waals surface area contributed by atoms with E-state index >= 15 is 0 Å². The molecule has 8 heteroatoms. The maximum atomic E-state index is 14.5. The zero-order valence-electron chi connectivity index (χ0n) is 22.2. The molecule has 2 aromatic heterocycles. The van der Waals surface area contributed by atoms with E-state index in [1.54, 1.807) is 50.5 Å². The van der Waals surface area contributed by atoms with Crippen molar-refractivity contribution in [3.63, 3.8) is 0 Å². The van der Waals surface area contributed by atoms with E-state index in [4.69, 9.17) is 0 Å². The number of phenols is 1. The Balaban J connectivity index is 1.42. The van der Waals surface area contributed by atoms with Crippen LogP contribution in [0.25, 0.3) is 22.0 Å². The van der Waals surface area contributed by atoms with Crippen molar-refractivity contribution in [3.05, 3.63) is 83.8 Å². The van der Waals surface area contributed by atoms with Crippen LogP contribution in [0.15, 0.2) is 67.0 Å². The average Bonchev–Trinajstić information content (AvgIpc) is 3.52. The van der Waals surface area contributed by atoms with Gasteiger partial charge in [0.2, 0.25) is 0 Å². The van der Waals surface area contributed by atoms with E-state index in [1.807, 2.05) is 24.3 Å². The van der Waals surface area contributed by atoms with Gasteiger partial charge in [-0.25, -0.2) is 0 Å². The number of fused-ring (bicyclic) bond motifs is 1. The van der Waals surface area contributed by atoms with E-state index in [0.29, 0.717) is 11.3 Å². The minimum Gasteiger partial charge on any atom is -0.508 e. The number of rotatable bonds is 8. The fourth-order valence-corrected chi connectivity index (χ4v) is 5.83. The van der Waals surface area contributed by atoms with Gasteiger partial charge in [-0.05, 0) is 90.7 Å². The molecule has 1 fully saturated rings. The maximum Gasteiger partial charge on any atom is 0.417 e. The number of H-pyrrole nitrogens is 1. The van der Waals surface area contributed by atoms with Gasteiger partial charge >= 0.3 is 6.18 Å². The molecule has 1 aliphatic rings. The zero-order chi connectivity index (χ0) is 27.8. The molecule has 0 saturated carbocycles. The molecule has 0 aliphatic carbocycles. The molecule has 3 heterocycles. The Kier molecular flexibility index (Phi) is 7.20. The summed E-state index contributed by atoms with van der Waals surface area (Å²) in [5, 5.41) is 22.7. The second-order valence-corrected chi connectivity index (χ2v) is 11.4.